The lowest BCUT2D eigenvalue weighted by Gasteiger charge is -2.09. The molecule has 2 heterocycles. The van der Waals surface area contributed by atoms with Crippen LogP contribution in [0.1, 0.15) is 33.9 Å². The largest absolute Gasteiger partial charge is 0.304 e. The number of carbonyl (C=O) groups excluding carboxylic acids is 1. The number of hydrogen-bond acceptors (Lipinski definition) is 4. The number of rotatable bonds is 1. The zero-order chi connectivity index (χ0) is 11.1. The van der Waals surface area contributed by atoms with Gasteiger partial charge in [0, 0.05) is 4.88 Å². The molecule has 2 aromatic rings. The van der Waals surface area contributed by atoms with E-state index in [0.717, 1.165) is 24.8 Å². The fourth-order valence-corrected chi connectivity index (χ4v) is 3.51. The molecule has 0 amide bonds. The molecule has 0 aliphatic heterocycles. The smallest absolute Gasteiger partial charge is 0.260 e. The monoisotopic (exact) mass is 234 g/mol. The maximum Gasteiger partial charge on any atom is 0.260 e. The minimum absolute atomic E-state index is 0.121. The van der Waals surface area contributed by atoms with Crippen molar-refractivity contribution in [3.8, 4) is 0 Å². The summed E-state index contributed by atoms with van der Waals surface area (Å²) >= 11 is 1.55. The van der Waals surface area contributed by atoms with Crippen LogP contribution in [0, 0.1) is 0 Å². The van der Waals surface area contributed by atoms with Crippen LogP contribution in [-0.2, 0) is 12.8 Å². The Hall–Kier alpha value is -1.49. The maximum atomic E-state index is 11.8. The Labute approximate surface area is 95.3 Å². The van der Waals surface area contributed by atoms with Crippen LogP contribution in [0.15, 0.2) is 4.79 Å². The van der Waals surface area contributed by atoms with Crippen molar-refractivity contribution in [1.82, 2.24) is 9.97 Å². The molecule has 0 aromatic carbocycles. The molecule has 4 nitrogen and oxygen atoms in total. The second kappa shape index (κ2) is 3.52. The molecule has 0 atom stereocenters. The number of aryl methyl sites for hydroxylation is 2. The molecule has 0 unspecified atom stereocenters. The summed E-state index contributed by atoms with van der Waals surface area (Å²) in [6, 6.07) is 0. The van der Waals surface area contributed by atoms with E-state index in [1.54, 1.807) is 11.3 Å². The second-order valence-corrected chi connectivity index (χ2v) is 5.04. The second-order valence-electron chi connectivity index (χ2n) is 3.96. The van der Waals surface area contributed by atoms with Crippen molar-refractivity contribution in [2.75, 3.05) is 0 Å². The third-order valence-electron chi connectivity index (χ3n) is 2.96. The summed E-state index contributed by atoms with van der Waals surface area (Å²) in [5, 5.41) is 0.699. The lowest BCUT2D eigenvalue weighted by Crippen LogP contribution is -2.12. The number of aromatic nitrogens is 2. The number of hydrogen-bond donors (Lipinski definition) is 1. The first-order chi connectivity index (χ1) is 7.79. The normalized spacial score (nSPS) is 15.0. The zero-order valence-electron chi connectivity index (χ0n) is 8.58. The Morgan fingerprint density at radius 2 is 2.12 bits per heavy atom. The zero-order valence-corrected chi connectivity index (χ0v) is 9.39. The molecule has 0 radical (unpaired) electrons. The van der Waals surface area contributed by atoms with Crippen molar-refractivity contribution in [1.29, 1.82) is 0 Å². The predicted octanol–water partition coefficient (Wildman–Crippen LogP) is 1.68. The van der Waals surface area contributed by atoms with Gasteiger partial charge in [-0.3, -0.25) is 9.59 Å². The van der Waals surface area contributed by atoms with E-state index in [-0.39, 0.29) is 11.4 Å². The first-order valence-corrected chi connectivity index (χ1v) is 6.11. The number of fused-ring (bicyclic) bond motifs is 3. The molecule has 0 saturated carbocycles. The van der Waals surface area contributed by atoms with E-state index in [2.05, 4.69) is 9.97 Å². The highest BCUT2D eigenvalue weighted by Crippen LogP contribution is 2.33. The lowest BCUT2D eigenvalue weighted by atomic mass is 9.97. The van der Waals surface area contributed by atoms with E-state index >= 15 is 0 Å². The van der Waals surface area contributed by atoms with Crippen LogP contribution >= 0.6 is 11.3 Å². The molecule has 1 aliphatic rings. The van der Waals surface area contributed by atoms with E-state index in [0.29, 0.717) is 16.5 Å². The van der Waals surface area contributed by atoms with Crippen LogP contribution in [0.2, 0.25) is 0 Å². The van der Waals surface area contributed by atoms with Crippen molar-refractivity contribution in [2.45, 2.75) is 25.7 Å². The molecule has 3 rings (SSSR count). The number of nitrogens with one attached hydrogen (secondary N) is 1. The Kier molecular flexibility index (Phi) is 2.14. The van der Waals surface area contributed by atoms with Crippen molar-refractivity contribution in [3.05, 3.63) is 26.6 Å². The van der Waals surface area contributed by atoms with Gasteiger partial charge in [-0.1, -0.05) is 0 Å². The number of H-pyrrole nitrogens is 1. The molecule has 16 heavy (non-hydrogen) atoms. The maximum absolute atomic E-state index is 11.8. The molecule has 0 saturated heterocycles. The summed E-state index contributed by atoms with van der Waals surface area (Å²) in [4.78, 5) is 31.1. The number of nitrogens with zero attached hydrogens (tertiary/aromatic N) is 1. The van der Waals surface area contributed by atoms with Crippen LogP contribution in [0.25, 0.3) is 10.2 Å². The van der Waals surface area contributed by atoms with Gasteiger partial charge < -0.3 is 4.98 Å². The lowest BCUT2D eigenvalue weighted by molar-refractivity contribution is 0.111. The van der Waals surface area contributed by atoms with Crippen LogP contribution in [-0.4, -0.2) is 16.3 Å². The summed E-state index contributed by atoms with van der Waals surface area (Å²) in [7, 11) is 0. The van der Waals surface area contributed by atoms with Gasteiger partial charge in [0.15, 0.2) is 12.1 Å². The highest BCUT2D eigenvalue weighted by Gasteiger charge is 2.19. The molecule has 1 N–H and O–H groups in total. The fraction of sp³-hybridized carbons (Fsp3) is 0.364. The standard InChI is InChI=1S/C11H10N2O2S/c14-5-8-12-10(15)9-6-3-1-2-4-7(6)16-11(9)13-8/h5H,1-4H2,(H,12,13,15). The minimum Gasteiger partial charge on any atom is -0.304 e. The average Bonchev–Trinajstić information content (AvgIpc) is 2.67. The Balaban J connectivity index is 2.38. The van der Waals surface area contributed by atoms with Gasteiger partial charge in [0.25, 0.3) is 5.56 Å². The molecular weight excluding hydrogens is 224 g/mol. The Bertz CT molecular complexity index is 627. The SMILES string of the molecule is O=Cc1nc2sc3c(c2c(=O)[nH]1)CCCC3. The number of thiophene rings is 1. The number of aromatic amines is 1. The first-order valence-electron chi connectivity index (χ1n) is 5.29. The van der Waals surface area contributed by atoms with Gasteiger partial charge in [-0.2, -0.15) is 0 Å². The topological polar surface area (TPSA) is 62.8 Å². The number of carbonyl (C=O) groups is 1. The molecular formula is C11H10N2O2S. The predicted molar refractivity (Wildman–Crippen MR) is 62.3 cm³/mol. The van der Waals surface area contributed by atoms with Crippen molar-refractivity contribution in [2.24, 2.45) is 0 Å². The summed E-state index contributed by atoms with van der Waals surface area (Å²) in [5.41, 5.74) is 0.976. The van der Waals surface area contributed by atoms with Gasteiger partial charge in [-0.25, -0.2) is 4.98 Å². The number of aldehydes is 1. The van der Waals surface area contributed by atoms with Crippen LogP contribution in [0.4, 0.5) is 0 Å². The van der Waals surface area contributed by atoms with Gasteiger partial charge in [0.2, 0.25) is 0 Å². The molecule has 5 heteroatoms. The molecule has 0 spiro atoms. The van der Waals surface area contributed by atoms with Crippen LogP contribution in [0.3, 0.4) is 0 Å². The van der Waals surface area contributed by atoms with Gasteiger partial charge in [0.1, 0.15) is 4.83 Å². The van der Waals surface area contributed by atoms with Gasteiger partial charge in [-0.05, 0) is 31.2 Å². The molecule has 1 aliphatic carbocycles. The molecule has 0 fully saturated rings. The van der Waals surface area contributed by atoms with Crippen molar-refractivity contribution < 1.29 is 4.79 Å². The highest BCUT2D eigenvalue weighted by molar-refractivity contribution is 7.18. The summed E-state index contributed by atoms with van der Waals surface area (Å²) in [5.74, 6) is 0.121. The minimum atomic E-state index is -0.175. The summed E-state index contributed by atoms with van der Waals surface area (Å²) < 4.78 is 0. The van der Waals surface area contributed by atoms with Crippen molar-refractivity contribution in [3.63, 3.8) is 0 Å². The molecule has 82 valence electrons. The molecule has 0 bridgehead atoms. The summed E-state index contributed by atoms with van der Waals surface area (Å²) in [6.45, 7) is 0. The van der Waals surface area contributed by atoms with Gasteiger partial charge in [0.05, 0.1) is 5.39 Å². The van der Waals surface area contributed by atoms with E-state index < -0.39 is 0 Å². The third kappa shape index (κ3) is 1.31. The van der Waals surface area contributed by atoms with E-state index in [1.807, 2.05) is 0 Å². The Morgan fingerprint density at radius 1 is 1.31 bits per heavy atom. The third-order valence-corrected chi connectivity index (χ3v) is 4.14. The van der Waals surface area contributed by atoms with E-state index in [9.17, 15) is 9.59 Å². The Morgan fingerprint density at radius 3 is 2.94 bits per heavy atom. The first kappa shape index (κ1) is 9.72. The summed E-state index contributed by atoms with van der Waals surface area (Å²) in [6.07, 6.45) is 4.89. The highest BCUT2D eigenvalue weighted by atomic mass is 32.1. The van der Waals surface area contributed by atoms with Crippen molar-refractivity contribution >= 4 is 27.8 Å². The molecule has 2 aromatic heterocycles. The van der Waals surface area contributed by atoms with Crippen LogP contribution < -0.4 is 5.56 Å². The fourth-order valence-electron chi connectivity index (χ4n) is 2.24. The van der Waals surface area contributed by atoms with Gasteiger partial charge >= 0.3 is 0 Å². The van der Waals surface area contributed by atoms with E-state index in [1.165, 1.54) is 11.3 Å². The van der Waals surface area contributed by atoms with Crippen LogP contribution in [0.5, 0.6) is 0 Å². The average molecular weight is 234 g/mol. The van der Waals surface area contributed by atoms with E-state index in [4.69, 9.17) is 0 Å². The quantitative estimate of drug-likeness (QED) is 0.763. The van der Waals surface area contributed by atoms with Gasteiger partial charge in [-0.15, -0.1) is 11.3 Å².